The number of hydrogen-bond donors (Lipinski definition) is 0. The minimum atomic E-state index is -0.534. The van der Waals surface area contributed by atoms with E-state index in [-0.39, 0.29) is 17.3 Å². The zero-order valence-corrected chi connectivity index (χ0v) is 12.1. The van der Waals surface area contributed by atoms with Gasteiger partial charge < -0.3 is 9.64 Å². The highest BCUT2D eigenvalue weighted by molar-refractivity contribution is 5.95. The van der Waals surface area contributed by atoms with E-state index in [1.807, 2.05) is 6.92 Å². The van der Waals surface area contributed by atoms with E-state index in [0.29, 0.717) is 18.7 Å². The lowest BCUT2D eigenvalue weighted by atomic mass is 10.1. The molecule has 0 unspecified atom stereocenters. The summed E-state index contributed by atoms with van der Waals surface area (Å²) in [6.45, 7) is 4.77. The van der Waals surface area contributed by atoms with Gasteiger partial charge in [-0.15, -0.1) is 0 Å². The third-order valence-corrected chi connectivity index (χ3v) is 2.90. The number of carbonyl (C=O) groups excluding carboxylic acids is 1. The average molecular weight is 280 g/mol. The van der Waals surface area contributed by atoms with Gasteiger partial charge in [0.25, 0.3) is 5.91 Å². The summed E-state index contributed by atoms with van der Waals surface area (Å²) in [5.74, 6) is -0.0325. The summed E-state index contributed by atoms with van der Waals surface area (Å²) >= 11 is 0. The van der Waals surface area contributed by atoms with Gasteiger partial charge in [-0.05, 0) is 25.5 Å². The van der Waals surface area contributed by atoms with Crippen LogP contribution in [0.2, 0.25) is 0 Å². The van der Waals surface area contributed by atoms with Crippen LogP contribution in [-0.4, -0.2) is 35.9 Å². The van der Waals surface area contributed by atoms with Gasteiger partial charge >= 0.3 is 5.69 Å². The first-order valence-corrected chi connectivity index (χ1v) is 6.67. The molecule has 0 aliphatic heterocycles. The zero-order chi connectivity index (χ0) is 15.1. The van der Waals surface area contributed by atoms with E-state index in [9.17, 15) is 14.9 Å². The van der Waals surface area contributed by atoms with Crippen LogP contribution in [0.1, 0.15) is 37.0 Å². The third-order valence-electron chi connectivity index (χ3n) is 2.90. The van der Waals surface area contributed by atoms with E-state index >= 15 is 0 Å². The lowest BCUT2D eigenvalue weighted by Gasteiger charge is -2.16. The molecule has 0 aliphatic carbocycles. The van der Waals surface area contributed by atoms with Gasteiger partial charge in [0.1, 0.15) is 0 Å². The Hall–Kier alpha value is -2.11. The van der Waals surface area contributed by atoms with Crippen LogP contribution >= 0.6 is 0 Å². The first-order chi connectivity index (χ1) is 9.51. The van der Waals surface area contributed by atoms with Crippen molar-refractivity contribution in [3.05, 3.63) is 33.9 Å². The second kappa shape index (κ2) is 7.47. The number of nitro benzene ring substituents is 1. The van der Waals surface area contributed by atoms with E-state index < -0.39 is 4.92 Å². The van der Waals surface area contributed by atoms with Crippen molar-refractivity contribution in [3.8, 4) is 5.75 Å². The van der Waals surface area contributed by atoms with Gasteiger partial charge in [-0.2, -0.15) is 0 Å². The first kappa shape index (κ1) is 15.9. The van der Waals surface area contributed by atoms with E-state index in [4.69, 9.17) is 4.74 Å². The van der Waals surface area contributed by atoms with Crippen LogP contribution in [0.15, 0.2) is 18.2 Å². The summed E-state index contributed by atoms with van der Waals surface area (Å²) in [5.41, 5.74) is 0.125. The molecule has 1 aromatic carbocycles. The standard InChI is InChI=1S/C14H20N2O4/c1-4-6-9-15(3)14(17)11-7-8-13(20-5-2)12(10-11)16(18)19/h7-8,10H,4-6,9H2,1-3H3. The molecule has 1 amide bonds. The molecular weight excluding hydrogens is 260 g/mol. The molecule has 1 aromatic rings. The number of benzene rings is 1. The molecular formula is C14H20N2O4. The Morgan fingerprint density at radius 2 is 2.10 bits per heavy atom. The Morgan fingerprint density at radius 1 is 1.40 bits per heavy atom. The van der Waals surface area contributed by atoms with Crippen molar-refractivity contribution in [2.24, 2.45) is 0 Å². The summed E-state index contributed by atoms with van der Waals surface area (Å²) in [6.07, 6.45) is 1.89. The Balaban J connectivity index is 2.99. The van der Waals surface area contributed by atoms with E-state index in [1.54, 1.807) is 24.9 Å². The van der Waals surface area contributed by atoms with Crippen LogP contribution in [0.5, 0.6) is 5.75 Å². The fourth-order valence-electron chi connectivity index (χ4n) is 1.79. The van der Waals surface area contributed by atoms with Crippen molar-refractivity contribution in [1.29, 1.82) is 0 Å². The number of amides is 1. The van der Waals surface area contributed by atoms with E-state index in [0.717, 1.165) is 12.8 Å². The maximum absolute atomic E-state index is 12.2. The number of carbonyl (C=O) groups is 1. The summed E-state index contributed by atoms with van der Waals surface area (Å²) in [4.78, 5) is 24.2. The van der Waals surface area contributed by atoms with Crippen LogP contribution in [0.4, 0.5) is 5.69 Å². The monoisotopic (exact) mass is 280 g/mol. The van der Waals surface area contributed by atoms with Crippen molar-refractivity contribution in [3.63, 3.8) is 0 Å². The van der Waals surface area contributed by atoms with Gasteiger partial charge in [0.05, 0.1) is 11.5 Å². The maximum Gasteiger partial charge on any atom is 0.311 e. The van der Waals surface area contributed by atoms with Crippen LogP contribution in [0, 0.1) is 10.1 Å². The highest BCUT2D eigenvalue weighted by Crippen LogP contribution is 2.28. The number of ether oxygens (including phenoxy) is 1. The minimum absolute atomic E-state index is 0.179. The molecule has 0 saturated carbocycles. The van der Waals surface area contributed by atoms with Gasteiger partial charge in [0, 0.05) is 25.2 Å². The summed E-state index contributed by atoms with van der Waals surface area (Å²) in [5, 5.41) is 11.0. The van der Waals surface area contributed by atoms with Crippen LogP contribution in [0.25, 0.3) is 0 Å². The smallest absolute Gasteiger partial charge is 0.311 e. The quantitative estimate of drug-likeness (QED) is 0.568. The number of unbranched alkanes of at least 4 members (excludes halogenated alkanes) is 1. The molecule has 0 fully saturated rings. The average Bonchev–Trinajstić information content (AvgIpc) is 2.44. The fourth-order valence-corrected chi connectivity index (χ4v) is 1.79. The molecule has 0 saturated heterocycles. The van der Waals surface area contributed by atoms with Crippen molar-refractivity contribution >= 4 is 11.6 Å². The highest BCUT2D eigenvalue weighted by atomic mass is 16.6. The predicted octanol–water partition coefficient (Wildman–Crippen LogP) is 2.87. The fraction of sp³-hybridized carbons (Fsp3) is 0.500. The largest absolute Gasteiger partial charge is 0.487 e. The summed E-state index contributed by atoms with van der Waals surface area (Å²) < 4.78 is 5.19. The predicted molar refractivity (Wildman–Crippen MR) is 76.1 cm³/mol. The third kappa shape index (κ3) is 3.94. The van der Waals surface area contributed by atoms with Gasteiger partial charge in [-0.25, -0.2) is 0 Å². The van der Waals surface area contributed by atoms with Crippen molar-refractivity contribution in [2.45, 2.75) is 26.7 Å². The van der Waals surface area contributed by atoms with Gasteiger partial charge in [0.15, 0.2) is 5.75 Å². The molecule has 0 spiro atoms. The molecule has 0 aliphatic rings. The SMILES string of the molecule is CCCCN(C)C(=O)c1ccc(OCC)c([N+](=O)[O-])c1. The molecule has 0 radical (unpaired) electrons. The van der Waals surface area contributed by atoms with Crippen molar-refractivity contribution in [2.75, 3.05) is 20.2 Å². The van der Waals surface area contributed by atoms with Crippen molar-refractivity contribution < 1.29 is 14.5 Å². The second-order valence-corrected chi connectivity index (χ2v) is 4.45. The molecule has 0 N–H and O–H groups in total. The molecule has 6 heteroatoms. The van der Waals surface area contributed by atoms with E-state index in [1.165, 1.54) is 12.1 Å². The number of nitrogens with zero attached hydrogens (tertiary/aromatic N) is 2. The van der Waals surface area contributed by atoms with Crippen LogP contribution in [-0.2, 0) is 0 Å². The number of nitro groups is 1. The Morgan fingerprint density at radius 3 is 2.65 bits per heavy atom. The van der Waals surface area contributed by atoms with Crippen LogP contribution < -0.4 is 4.74 Å². The summed E-state index contributed by atoms with van der Waals surface area (Å²) in [7, 11) is 1.69. The molecule has 0 heterocycles. The minimum Gasteiger partial charge on any atom is -0.487 e. The zero-order valence-electron chi connectivity index (χ0n) is 12.1. The van der Waals surface area contributed by atoms with E-state index in [2.05, 4.69) is 0 Å². The molecule has 110 valence electrons. The lowest BCUT2D eigenvalue weighted by molar-refractivity contribution is -0.385. The van der Waals surface area contributed by atoms with Crippen LogP contribution in [0.3, 0.4) is 0 Å². The summed E-state index contributed by atoms with van der Waals surface area (Å²) in [6, 6.07) is 4.31. The Labute approximate surface area is 118 Å². The maximum atomic E-state index is 12.2. The van der Waals surface area contributed by atoms with Gasteiger partial charge in [0.2, 0.25) is 0 Å². The Bertz CT molecular complexity index is 488. The second-order valence-electron chi connectivity index (χ2n) is 4.45. The molecule has 1 rings (SSSR count). The van der Waals surface area contributed by atoms with Gasteiger partial charge in [-0.1, -0.05) is 13.3 Å². The molecule has 6 nitrogen and oxygen atoms in total. The molecule has 0 aromatic heterocycles. The molecule has 0 bridgehead atoms. The topological polar surface area (TPSA) is 72.7 Å². The number of hydrogen-bond acceptors (Lipinski definition) is 4. The van der Waals surface area contributed by atoms with Gasteiger partial charge in [-0.3, -0.25) is 14.9 Å². The lowest BCUT2D eigenvalue weighted by Crippen LogP contribution is -2.27. The molecule has 20 heavy (non-hydrogen) atoms. The normalized spacial score (nSPS) is 10.2. The molecule has 0 atom stereocenters. The highest BCUT2D eigenvalue weighted by Gasteiger charge is 2.20. The number of rotatable bonds is 7. The first-order valence-electron chi connectivity index (χ1n) is 6.67. The van der Waals surface area contributed by atoms with Crippen molar-refractivity contribution in [1.82, 2.24) is 4.90 Å². The Kier molecular flexibility index (Phi) is 5.96.